The number of benzene rings is 2. The average molecular weight is 708 g/mol. The summed E-state index contributed by atoms with van der Waals surface area (Å²) in [6.45, 7) is 5.86. The highest BCUT2D eigenvalue weighted by Crippen LogP contribution is 2.23. The van der Waals surface area contributed by atoms with E-state index in [4.69, 9.17) is 9.84 Å². The van der Waals surface area contributed by atoms with Crippen molar-refractivity contribution in [2.24, 2.45) is 0 Å². The standard InChI is InChI=1S/C37H45N3O7S2/c1-26(2)24-48-36(40-35(42)32-13-7-12-30(23-32)25-49(45,46)38-21-22-47-4)27(3)34(41)39-33-14-8-11-28(17-20-33)9-5-6-10-29-15-18-31(19-16-29)37(43)44/h7-8,12-20,23-24,38H,5-6,9-11,21-22,25H2,1-4H3,(H,39,41)(H,40,42)(H,43,44)/b36-27+. The third kappa shape index (κ3) is 14.0. The summed E-state index contributed by atoms with van der Waals surface area (Å²) in [5.74, 6) is -2.06. The molecule has 10 nitrogen and oxygen atoms in total. The Morgan fingerprint density at radius 3 is 2.39 bits per heavy atom. The molecule has 0 radical (unpaired) electrons. The fourth-order valence-electron chi connectivity index (χ4n) is 4.70. The summed E-state index contributed by atoms with van der Waals surface area (Å²) in [4.78, 5) is 37.7. The fourth-order valence-corrected chi connectivity index (χ4v) is 6.59. The first kappa shape index (κ1) is 39.2. The molecule has 4 N–H and O–H groups in total. The molecule has 1 aliphatic carbocycles. The van der Waals surface area contributed by atoms with Gasteiger partial charge in [-0.15, -0.1) is 0 Å². The van der Waals surface area contributed by atoms with E-state index in [0.717, 1.165) is 43.2 Å². The first-order valence-electron chi connectivity index (χ1n) is 15.9. The van der Waals surface area contributed by atoms with Crippen molar-refractivity contribution >= 4 is 39.6 Å². The molecule has 1 aliphatic rings. The number of allylic oxidation sites excluding steroid dienone is 6. The second kappa shape index (κ2) is 19.7. The molecule has 262 valence electrons. The Morgan fingerprint density at radius 2 is 1.69 bits per heavy atom. The van der Waals surface area contributed by atoms with Gasteiger partial charge in [0.05, 0.1) is 23.0 Å². The number of hydrogen-bond donors (Lipinski definition) is 4. The van der Waals surface area contributed by atoms with Gasteiger partial charge in [-0.05, 0) is 106 Å². The number of thioether (sulfide) groups is 1. The van der Waals surface area contributed by atoms with Crippen LogP contribution in [0.5, 0.6) is 0 Å². The second-order valence-corrected chi connectivity index (χ2v) is 14.5. The van der Waals surface area contributed by atoms with E-state index in [2.05, 4.69) is 15.4 Å². The van der Waals surface area contributed by atoms with E-state index in [1.165, 1.54) is 30.5 Å². The van der Waals surface area contributed by atoms with Gasteiger partial charge in [-0.2, -0.15) is 0 Å². The molecule has 2 amide bonds. The number of ether oxygens (including phenoxy) is 1. The van der Waals surface area contributed by atoms with Crippen LogP contribution in [0.2, 0.25) is 0 Å². The number of aryl methyl sites for hydroxylation is 1. The monoisotopic (exact) mass is 707 g/mol. The van der Waals surface area contributed by atoms with Gasteiger partial charge in [-0.25, -0.2) is 17.9 Å². The van der Waals surface area contributed by atoms with E-state index in [9.17, 15) is 22.8 Å². The minimum atomic E-state index is -3.62. The van der Waals surface area contributed by atoms with Crippen LogP contribution >= 0.6 is 11.8 Å². The molecule has 0 fully saturated rings. The van der Waals surface area contributed by atoms with Crippen LogP contribution in [0.4, 0.5) is 0 Å². The van der Waals surface area contributed by atoms with E-state index in [1.54, 1.807) is 37.3 Å². The summed E-state index contributed by atoms with van der Waals surface area (Å²) in [6, 6.07) is 13.3. The Bertz CT molecular complexity index is 1750. The Kier molecular flexibility index (Phi) is 15.8. The van der Waals surface area contributed by atoms with Gasteiger partial charge < -0.3 is 20.5 Å². The third-order valence-electron chi connectivity index (χ3n) is 7.34. The lowest BCUT2D eigenvalue weighted by Crippen LogP contribution is -2.29. The number of carbonyl (C=O) groups is 3. The lowest BCUT2D eigenvalue weighted by Gasteiger charge is -2.14. The van der Waals surface area contributed by atoms with Crippen molar-refractivity contribution in [2.45, 2.75) is 58.6 Å². The normalized spacial score (nSPS) is 13.4. The maximum Gasteiger partial charge on any atom is 0.335 e. The van der Waals surface area contributed by atoms with E-state index in [1.807, 2.05) is 55.7 Å². The van der Waals surface area contributed by atoms with Gasteiger partial charge in [0.15, 0.2) is 0 Å². The number of hydrogen-bond acceptors (Lipinski definition) is 7. The summed E-state index contributed by atoms with van der Waals surface area (Å²) in [5.41, 5.74) is 5.27. The number of sulfonamides is 1. The van der Waals surface area contributed by atoms with Crippen LogP contribution in [0.1, 0.15) is 78.3 Å². The SMILES string of the molecule is COCCNS(=O)(=O)Cc1cccc(C(=O)N/C(SC=C(C)C)=C(/C)C(=O)NC2=CC=C(CCCCc3ccc(C(=O)O)cc3)CC=C2)c1. The summed E-state index contributed by atoms with van der Waals surface area (Å²) < 4.78 is 32.2. The van der Waals surface area contributed by atoms with E-state index < -0.39 is 21.9 Å². The molecule has 0 atom stereocenters. The van der Waals surface area contributed by atoms with Crippen molar-refractivity contribution in [3.8, 4) is 0 Å². The van der Waals surface area contributed by atoms with E-state index >= 15 is 0 Å². The molecule has 0 saturated heterocycles. The molecule has 0 bridgehead atoms. The van der Waals surface area contributed by atoms with Crippen LogP contribution in [0.25, 0.3) is 0 Å². The minimum Gasteiger partial charge on any atom is -0.478 e. The molecule has 49 heavy (non-hydrogen) atoms. The highest BCUT2D eigenvalue weighted by Gasteiger charge is 2.18. The zero-order valence-corrected chi connectivity index (χ0v) is 30.0. The first-order chi connectivity index (χ1) is 23.4. The van der Waals surface area contributed by atoms with Crippen LogP contribution in [-0.2, 0) is 31.7 Å². The summed E-state index contributed by atoms with van der Waals surface area (Å²) in [5, 5.41) is 17.0. The predicted molar refractivity (Wildman–Crippen MR) is 195 cm³/mol. The predicted octanol–water partition coefficient (Wildman–Crippen LogP) is 6.37. The quantitative estimate of drug-likeness (QED) is 0.103. The fraction of sp³-hybridized carbons (Fsp3) is 0.324. The molecule has 3 rings (SSSR count). The molecule has 0 aromatic heterocycles. The van der Waals surface area contributed by atoms with Gasteiger partial charge in [0.1, 0.15) is 0 Å². The molecule has 0 spiro atoms. The zero-order chi connectivity index (χ0) is 35.8. The Morgan fingerprint density at radius 1 is 0.959 bits per heavy atom. The van der Waals surface area contributed by atoms with Crippen molar-refractivity contribution in [1.29, 1.82) is 0 Å². The summed E-state index contributed by atoms with van der Waals surface area (Å²) in [6.07, 6.45) is 12.3. The Hall–Kier alpha value is -4.23. The van der Waals surface area contributed by atoms with E-state index in [0.29, 0.717) is 21.9 Å². The van der Waals surface area contributed by atoms with Crippen molar-refractivity contribution in [3.05, 3.63) is 128 Å². The molecule has 0 heterocycles. The molecule has 12 heteroatoms. The number of nitrogens with one attached hydrogen (secondary N) is 3. The molecule has 0 unspecified atom stereocenters. The van der Waals surface area contributed by atoms with Crippen molar-refractivity contribution < 1.29 is 32.6 Å². The Balaban J connectivity index is 1.64. The van der Waals surface area contributed by atoms with Crippen LogP contribution in [0.15, 0.2) is 106 Å². The van der Waals surface area contributed by atoms with Gasteiger partial charge in [0, 0.05) is 30.5 Å². The zero-order valence-electron chi connectivity index (χ0n) is 28.4. The average Bonchev–Trinajstić information content (AvgIpc) is 3.29. The lowest BCUT2D eigenvalue weighted by molar-refractivity contribution is -0.116. The second-order valence-electron chi connectivity index (χ2n) is 11.8. The minimum absolute atomic E-state index is 0.149. The summed E-state index contributed by atoms with van der Waals surface area (Å²) >= 11 is 1.22. The van der Waals surface area contributed by atoms with Crippen LogP contribution in [0, 0.1) is 0 Å². The van der Waals surface area contributed by atoms with Crippen molar-refractivity contribution in [3.63, 3.8) is 0 Å². The van der Waals surface area contributed by atoms with Gasteiger partial charge in [-0.3, -0.25) is 9.59 Å². The van der Waals surface area contributed by atoms with E-state index in [-0.39, 0.29) is 35.9 Å². The lowest BCUT2D eigenvalue weighted by atomic mass is 10.0. The number of unbranched alkanes of at least 4 members (excludes halogenated alkanes) is 1. The topological polar surface area (TPSA) is 151 Å². The van der Waals surface area contributed by atoms with Crippen molar-refractivity contribution in [2.75, 3.05) is 20.3 Å². The molecule has 2 aromatic rings. The smallest absolute Gasteiger partial charge is 0.335 e. The van der Waals surface area contributed by atoms with Gasteiger partial charge in [-0.1, -0.05) is 59.3 Å². The van der Waals surface area contributed by atoms with Crippen LogP contribution < -0.4 is 15.4 Å². The number of carboxylic acid groups (broad SMARTS) is 1. The van der Waals surface area contributed by atoms with Crippen LogP contribution in [-0.4, -0.2) is 51.6 Å². The molecular formula is C37H45N3O7S2. The number of amides is 2. The maximum atomic E-state index is 13.4. The van der Waals surface area contributed by atoms with Gasteiger partial charge >= 0.3 is 5.97 Å². The Labute approximate surface area is 293 Å². The van der Waals surface area contributed by atoms with Crippen molar-refractivity contribution in [1.82, 2.24) is 15.4 Å². The number of methoxy groups -OCH3 is 1. The van der Waals surface area contributed by atoms with Gasteiger partial charge in [0.25, 0.3) is 11.8 Å². The molecule has 0 aliphatic heterocycles. The highest BCUT2D eigenvalue weighted by atomic mass is 32.2. The van der Waals surface area contributed by atoms with Crippen LogP contribution in [0.3, 0.4) is 0 Å². The molecule has 0 saturated carbocycles. The largest absolute Gasteiger partial charge is 0.478 e. The molecular weight excluding hydrogens is 663 g/mol. The number of carbonyl (C=O) groups excluding carboxylic acids is 2. The first-order valence-corrected chi connectivity index (χ1v) is 18.5. The highest BCUT2D eigenvalue weighted by molar-refractivity contribution is 8.05. The number of rotatable bonds is 18. The molecule has 2 aromatic carbocycles. The van der Waals surface area contributed by atoms with Gasteiger partial charge in [0.2, 0.25) is 10.0 Å². The number of carboxylic acids is 1. The maximum absolute atomic E-state index is 13.4. The number of aromatic carboxylic acids is 1. The third-order valence-corrected chi connectivity index (χ3v) is 9.93. The summed E-state index contributed by atoms with van der Waals surface area (Å²) in [7, 11) is -2.14.